The van der Waals surface area contributed by atoms with Gasteiger partial charge in [-0.15, -0.1) is 0 Å². The lowest BCUT2D eigenvalue weighted by Gasteiger charge is -2.40. The van der Waals surface area contributed by atoms with Crippen LogP contribution in [0, 0.1) is 5.41 Å². The molecule has 7 heteroatoms. The highest BCUT2D eigenvalue weighted by atomic mass is 16.5. The maximum absolute atomic E-state index is 11.4. The van der Waals surface area contributed by atoms with Gasteiger partial charge in [-0.1, -0.05) is 12.1 Å². The fourth-order valence-electron chi connectivity index (χ4n) is 4.56. The summed E-state index contributed by atoms with van der Waals surface area (Å²) >= 11 is 0. The van der Waals surface area contributed by atoms with E-state index in [1.165, 1.54) is 24.6 Å². The molecule has 1 atom stereocenters. The van der Waals surface area contributed by atoms with Crippen molar-refractivity contribution >= 4 is 11.7 Å². The summed E-state index contributed by atoms with van der Waals surface area (Å²) in [6.45, 7) is 5.01. The number of anilines is 1. The number of carbonyl (C=O) groups excluding carboxylic acids is 1. The third-order valence-corrected chi connectivity index (χ3v) is 5.92. The SMILES string of the molecule is COc1cccc(CN2CCC[C@]3(CCN(c4cncc(C(N)=O)n4)C3)C2)c1. The van der Waals surface area contributed by atoms with E-state index in [9.17, 15) is 4.79 Å². The van der Waals surface area contributed by atoms with Gasteiger partial charge in [0.25, 0.3) is 5.91 Å². The Labute approximate surface area is 165 Å². The second kappa shape index (κ2) is 7.75. The van der Waals surface area contributed by atoms with Crippen molar-refractivity contribution in [2.75, 3.05) is 38.2 Å². The number of aromatic nitrogens is 2. The molecule has 1 aromatic heterocycles. The van der Waals surface area contributed by atoms with Crippen molar-refractivity contribution in [3.63, 3.8) is 0 Å². The molecule has 148 valence electrons. The first-order valence-electron chi connectivity index (χ1n) is 9.79. The van der Waals surface area contributed by atoms with Crippen LogP contribution < -0.4 is 15.4 Å². The number of rotatable bonds is 5. The smallest absolute Gasteiger partial charge is 0.268 e. The number of methoxy groups -OCH3 is 1. The first kappa shape index (κ1) is 18.7. The molecule has 2 aliphatic heterocycles. The number of amides is 1. The lowest BCUT2D eigenvalue weighted by molar-refractivity contribution is 0.0991. The number of likely N-dealkylation sites (tertiary alicyclic amines) is 1. The minimum atomic E-state index is -0.537. The Balaban J connectivity index is 1.44. The Morgan fingerprint density at radius 3 is 2.96 bits per heavy atom. The molecule has 2 aromatic rings. The molecule has 2 aliphatic rings. The maximum Gasteiger partial charge on any atom is 0.268 e. The summed E-state index contributed by atoms with van der Waals surface area (Å²) in [6.07, 6.45) is 6.70. The van der Waals surface area contributed by atoms with Crippen molar-refractivity contribution < 1.29 is 9.53 Å². The summed E-state index contributed by atoms with van der Waals surface area (Å²) in [6, 6.07) is 8.32. The molecule has 3 heterocycles. The number of nitrogens with zero attached hydrogens (tertiary/aromatic N) is 4. The summed E-state index contributed by atoms with van der Waals surface area (Å²) in [7, 11) is 1.71. The molecule has 2 fully saturated rings. The number of hydrogen-bond donors (Lipinski definition) is 1. The first-order chi connectivity index (χ1) is 13.6. The Kier molecular flexibility index (Phi) is 5.17. The van der Waals surface area contributed by atoms with E-state index in [1.54, 1.807) is 13.3 Å². The van der Waals surface area contributed by atoms with Crippen molar-refractivity contribution in [2.45, 2.75) is 25.8 Å². The van der Waals surface area contributed by atoms with E-state index in [4.69, 9.17) is 10.5 Å². The highest BCUT2D eigenvalue weighted by molar-refractivity contribution is 5.90. The predicted octanol–water partition coefficient (Wildman–Crippen LogP) is 2.08. The second-order valence-electron chi connectivity index (χ2n) is 7.96. The number of piperidine rings is 1. The molecule has 28 heavy (non-hydrogen) atoms. The molecule has 2 N–H and O–H groups in total. The van der Waals surface area contributed by atoms with Gasteiger partial charge < -0.3 is 15.4 Å². The highest BCUT2D eigenvalue weighted by Crippen LogP contribution is 2.40. The van der Waals surface area contributed by atoms with Crippen molar-refractivity contribution in [1.82, 2.24) is 14.9 Å². The van der Waals surface area contributed by atoms with Crippen LogP contribution in [0.5, 0.6) is 5.75 Å². The fraction of sp³-hybridized carbons (Fsp3) is 0.476. The van der Waals surface area contributed by atoms with E-state index >= 15 is 0 Å². The van der Waals surface area contributed by atoms with Crippen LogP contribution in [-0.4, -0.2) is 54.1 Å². The molecule has 0 aliphatic carbocycles. The Hall–Kier alpha value is -2.67. The third kappa shape index (κ3) is 3.94. The monoisotopic (exact) mass is 381 g/mol. The van der Waals surface area contributed by atoms with E-state index in [1.807, 2.05) is 6.07 Å². The van der Waals surface area contributed by atoms with Crippen LogP contribution in [-0.2, 0) is 6.54 Å². The van der Waals surface area contributed by atoms with Crippen molar-refractivity contribution in [3.05, 3.63) is 47.9 Å². The van der Waals surface area contributed by atoms with E-state index < -0.39 is 5.91 Å². The number of ether oxygens (including phenoxy) is 1. The minimum Gasteiger partial charge on any atom is -0.497 e. The molecular weight excluding hydrogens is 354 g/mol. The van der Waals surface area contributed by atoms with Crippen molar-refractivity contribution in [1.29, 1.82) is 0 Å². The van der Waals surface area contributed by atoms with E-state index in [0.717, 1.165) is 50.7 Å². The minimum absolute atomic E-state index is 0.224. The largest absolute Gasteiger partial charge is 0.497 e. The van der Waals surface area contributed by atoms with Crippen LogP contribution in [0.3, 0.4) is 0 Å². The summed E-state index contributed by atoms with van der Waals surface area (Å²) in [5, 5.41) is 0. The van der Waals surface area contributed by atoms with Gasteiger partial charge in [0.1, 0.15) is 17.3 Å². The molecule has 1 aromatic carbocycles. The Bertz CT molecular complexity index is 858. The van der Waals surface area contributed by atoms with Crippen LogP contribution >= 0.6 is 0 Å². The zero-order chi connectivity index (χ0) is 19.6. The van der Waals surface area contributed by atoms with Crippen molar-refractivity contribution in [2.24, 2.45) is 11.1 Å². The van der Waals surface area contributed by atoms with Crippen LogP contribution in [0.1, 0.15) is 35.3 Å². The van der Waals surface area contributed by atoms with Gasteiger partial charge in [0.15, 0.2) is 0 Å². The lowest BCUT2D eigenvalue weighted by Crippen LogP contribution is -2.44. The van der Waals surface area contributed by atoms with Gasteiger partial charge in [0.05, 0.1) is 19.5 Å². The second-order valence-corrected chi connectivity index (χ2v) is 7.96. The quantitative estimate of drug-likeness (QED) is 0.854. The average Bonchev–Trinajstić information content (AvgIpc) is 3.11. The summed E-state index contributed by atoms with van der Waals surface area (Å²) in [4.78, 5) is 24.7. The van der Waals surface area contributed by atoms with Crippen LogP contribution in [0.2, 0.25) is 0 Å². The summed E-state index contributed by atoms with van der Waals surface area (Å²) in [5.74, 6) is 1.12. The van der Waals surface area contributed by atoms with Gasteiger partial charge in [-0.2, -0.15) is 0 Å². The van der Waals surface area contributed by atoms with Gasteiger partial charge in [-0.3, -0.25) is 14.7 Å². The number of primary amides is 1. The molecule has 1 spiro atoms. The zero-order valence-corrected chi connectivity index (χ0v) is 16.3. The molecule has 0 bridgehead atoms. The number of nitrogens with two attached hydrogens (primary N) is 1. The fourth-order valence-corrected chi connectivity index (χ4v) is 4.56. The van der Waals surface area contributed by atoms with Gasteiger partial charge in [0, 0.05) is 31.6 Å². The van der Waals surface area contributed by atoms with Crippen LogP contribution in [0.4, 0.5) is 5.82 Å². The maximum atomic E-state index is 11.4. The van der Waals surface area contributed by atoms with E-state index in [0.29, 0.717) is 0 Å². The lowest BCUT2D eigenvalue weighted by atomic mass is 9.79. The van der Waals surface area contributed by atoms with Crippen LogP contribution in [0.25, 0.3) is 0 Å². The van der Waals surface area contributed by atoms with Gasteiger partial charge in [-0.25, -0.2) is 4.98 Å². The standard InChI is InChI=1S/C21H27N5O2/c1-28-17-5-2-4-16(10-17)13-25-8-3-6-21(14-25)7-9-26(15-21)19-12-23-11-18(24-19)20(22)27/h2,4-5,10-12H,3,6-9,13-15H2,1H3,(H2,22,27)/t21-/m0/s1. The highest BCUT2D eigenvalue weighted by Gasteiger charge is 2.41. The van der Waals surface area contributed by atoms with Gasteiger partial charge in [-0.05, 0) is 43.5 Å². The van der Waals surface area contributed by atoms with Gasteiger partial charge >= 0.3 is 0 Å². The number of hydrogen-bond acceptors (Lipinski definition) is 6. The summed E-state index contributed by atoms with van der Waals surface area (Å²) < 4.78 is 5.36. The average molecular weight is 381 g/mol. The predicted molar refractivity (Wildman–Crippen MR) is 107 cm³/mol. The normalized spacial score (nSPS) is 22.5. The molecule has 0 unspecified atom stereocenters. The van der Waals surface area contributed by atoms with Gasteiger partial charge in [0.2, 0.25) is 0 Å². The molecular formula is C21H27N5O2. The first-order valence-corrected chi connectivity index (χ1v) is 9.79. The zero-order valence-electron chi connectivity index (χ0n) is 16.3. The third-order valence-electron chi connectivity index (χ3n) is 5.92. The molecule has 4 rings (SSSR count). The Morgan fingerprint density at radius 1 is 1.25 bits per heavy atom. The van der Waals surface area contributed by atoms with Crippen LogP contribution in [0.15, 0.2) is 36.7 Å². The molecule has 7 nitrogen and oxygen atoms in total. The molecule has 1 amide bonds. The molecule has 2 saturated heterocycles. The Morgan fingerprint density at radius 2 is 2.14 bits per heavy atom. The number of benzene rings is 1. The molecule has 0 saturated carbocycles. The molecule has 0 radical (unpaired) electrons. The topological polar surface area (TPSA) is 84.6 Å². The number of carbonyl (C=O) groups is 1. The van der Waals surface area contributed by atoms with Crippen molar-refractivity contribution in [3.8, 4) is 5.75 Å². The van der Waals surface area contributed by atoms with E-state index in [2.05, 4.69) is 38.0 Å². The summed E-state index contributed by atoms with van der Waals surface area (Å²) in [5.41, 5.74) is 7.13. The van der Waals surface area contributed by atoms with E-state index in [-0.39, 0.29) is 11.1 Å².